The first-order valence-corrected chi connectivity index (χ1v) is 6.13. The van der Waals surface area contributed by atoms with Crippen LogP contribution < -0.4 is 5.56 Å². The predicted octanol–water partition coefficient (Wildman–Crippen LogP) is 1.90. The Morgan fingerprint density at radius 3 is 2.71 bits per heavy atom. The molecule has 17 heavy (non-hydrogen) atoms. The third-order valence-electron chi connectivity index (χ3n) is 3.18. The van der Waals surface area contributed by atoms with Gasteiger partial charge in [0, 0.05) is 19.3 Å². The molecule has 0 unspecified atom stereocenters. The molecule has 2 rings (SSSR count). The minimum absolute atomic E-state index is 0.0567. The summed E-state index contributed by atoms with van der Waals surface area (Å²) in [6, 6.07) is 1.43. The zero-order valence-electron chi connectivity index (χ0n) is 9.70. The van der Waals surface area contributed by atoms with Gasteiger partial charge in [0.1, 0.15) is 5.02 Å². The van der Waals surface area contributed by atoms with E-state index in [9.17, 15) is 9.59 Å². The Labute approximate surface area is 105 Å². The van der Waals surface area contributed by atoms with E-state index in [4.69, 9.17) is 11.6 Å². The first kappa shape index (κ1) is 12.2. The van der Waals surface area contributed by atoms with Gasteiger partial charge in [0.15, 0.2) is 0 Å². The number of aromatic nitrogens is 1. The van der Waals surface area contributed by atoms with Crippen molar-refractivity contribution in [1.29, 1.82) is 0 Å². The van der Waals surface area contributed by atoms with Crippen LogP contribution in [0.25, 0.3) is 0 Å². The van der Waals surface area contributed by atoms with Crippen LogP contribution in [0.3, 0.4) is 0 Å². The monoisotopic (exact) mass is 254 g/mol. The summed E-state index contributed by atoms with van der Waals surface area (Å²) < 4.78 is 0. The molecular weight excluding hydrogens is 240 g/mol. The molecule has 1 aliphatic rings. The lowest BCUT2D eigenvalue weighted by atomic mass is 9.99. The van der Waals surface area contributed by atoms with Crippen molar-refractivity contribution in [2.75, 3.05) is 13.1 Å². The van der Waals surface area contributed by atoms with Crippen molar-refractivity contribution in [3.63, 3.8) is 0 Å². The van der Waals surface area contributed by atoms with Gasteiger partial charge in [0.2, 0.25) is 0 Å². The lowest BCUT2D eigenvalue weighted by Gasteiger charge is -2.30. The maximum absolute atomic E-state index is 12.1. The smallest absolute Gasteiger partial charge is 0.266 e. The van der Waals surface area contributed by atoms with Gasteiger partial charge >= 0.3 is 0 Å². The molecule has 1 aromatic rings. The molecule has 0 aliphatic carbocycles. The molecule has 0 saturated carbocycles. The molecule has 0 radical (unpaired) electrons. The molecule has 1 amide bonds. The quantitative estimate of drug-likeness (QED) is 0.832. The van der Waals surface area contributed by atoms with Crippen molar-refractivity contribution in [1.82, 2.24) is 9.88 Å². The average Bonchev–Trinajstić information content (AvgIpc) is 2.33. The summed E-state index contributed by atoms with van der Waals surface area (Å²) in [6.45, 7) is 3.74. The van der Waals surface area contributed by atoms with E-state index < -0.39 is 0 Å². The molecule has 0 bridgehead atoms. The van der Waals surface area contributed by atoms with Crippen molar-refractivity contribution < 1.29 is 4.79 Å². The zero-order valence-corrected chi connectivity index (χ0v) is 10.5. The highest BCUT2D eigenvalue weighted by molar-refractivity contribution is 6.30. The number of nitrogens with zero attached hydrogens (tertiary/aromatic N) is 1. The molecule has 92 valence electrons. The minimum atomic E-state index is -0.365. The summed E-state index contributed by atoms with van der Waals surface area (Å²) in [4.78, 5) is 27.5. The van der Waals surface area contributed by atoms with Crippen LogP contribution in [0, 0.1) is 5.92 Å². The molecule has 1 fully saturated rings. The van der Waals surface area contributed by atoms with Gasteiger partial charge in [-0.05, 0) is 24.8 Å². The van der Waals surface area contributed by atoms with Gasteiger partial charge in [0.05, 0.1) is 5.56 Å². The normalized spacial score (nSPS) is 17.2. The average molecular weight is 255 g/mol. The van der Waals surface area contributed by atoms with Crippen LogP contribution in [0.5, 0.6) is 0 Å². The number of likely N-dealkylation sites (tertiary alicyclic amines) is 1. The Bertz CT molecular complexity index is 476. The Hall–Kier alpha value is -1.29. The van der Waals surface area contributed by atoms with Gasteiger partial charge in [-0.25, -0.2) is 0 Å². The van der Waals surface area contributed by atoms with E-state index in [-0.39, 0.29) is 16.5 Å². The number of aromatic amines is 1. The van der Waals surface area contributed by atoms with E-state index in [1.165, 1.54) is 12.3 Å². The minimum Gasteiger partial charge on any atom is -0.339 e. The van der Waals surface area contributed by atoms with Gasteiger partial charge in [-0.3, -0.25) is 9.59 Å². The third-order valence-corrected chi connectivity index (χ3v) is 3.46. The Morgan fingerprint density at radius 2 is 2.12 bits per heavy atom. The number of piperidine rings is 1. The summed E-state index contributed by atoms with van der Waals surface area (Å²) in [5, 5.41) is 0.0567. The van der Waals surface area contributed by atoms with Crippen LogP contribution in [-0.4, -0.2) is 28.9 Å². The second-order valence-corrected chi connectivity index (χ2v) is 4.95. The van der Waals surface area contributed by atoms with Crippen LogP contribution in [0.4, 0.5) is 0 Å². The number of carbonyl (C=O) groups excluding carboxylic acids is 1. The first-order chi connectivity index (χ1) is 8.08. The summed E-state index contributed by atoms with van der Waals surface area (Å²) in [6.07, 6.45) is 3.49. The lowest BCUT2D eigenvalue weighted by Crippen LogP contribution is -2.38. The van der Waals surface area contributed by atoms with Crippen LogP contribution in [0.15, 0.2) is 17.1 Å². The number of amides is 1. The number of carbonyl (C=O) groups is 1. The molecule has 4 nitrogen and oxygen atoms in total. The predicted molar refractivity (Wildman–Crippen MR) is 66.4 cm³/mol. The lowest BCUT2D eigenvalue weighted by molar-refractivity contribution is 0.0697. The molecule has 1 aromatic heterocycles. The van der Waals surface area contributed by atoms with Crippen molar-refractivity contribution >= 4 is 17.5 Å². The largest absolute Gasteiger partial charge is 0.339 e. The van der Waals surface area contributed by atoms with E-state index in [0.29, 0.717) is 11.5 Å². The van der Waals surface area contributed by atoms with E-state index >= 15 is 0 Å². The van der Waals surface area contributed by atoms with Crippen LogP contribution >= 0.6 is 11.6 Å². The highest BCUT2D eigenvalue weighted by Gasteiger charge is 2.21. The van der Waals surface area contributed by atoms with Crippen molar-refractivity contribution in [2.24, 2.45) is 5.92 Å². The summed E-state index contributed by atoms with van der Waals surface area (Å²) >= 11 is 5.71. The Balaban J connectivity index is 2.14. The standard InChI is InChI=1S/C12H15ClN2O2/c1-8-2-4-15(5-3-8)12(17)9-6-10(13)11(16)14-7-9/h6-8H,2-5H2,1H3,(H,14,16). The SMILES string of the molecule is CC1CCN(C(=O)c2c[nH]c(=O)c(Cl)c2)CC1. The molecule has 2 heterocycles. The van der Waals surface area contributed by atoms with Gasteiger partial charge in [-0.1, -0.05) is 18.5 Å². The zero-order chi connectivity index (χ0) is 12.4. The van der Waals surface area contributed by atoms with Gasteiger partial charge < -0.3 is 9.88 Å². The first-order valence-electron chi connectivity index (χ1n) is 5.75. The number of halogens is 1. The van der Waals surface area contributed by atoms with Gasteiger partial charge in [-0.2, -0.15) is 0 Å². The van der Waals surface area contributed by atoms with Gasteiger partial charge in [-0.15, -0.1) is 0 Å². The summed E-state index contributed by atoms with van der Waals surface area (Å²) in [5.41, 5.74) is 0.0830. The van der Waals surface area contributed by atoms with E-state index in [1.807, 2.05) is 4.90 Å². The number of hydrogen-bond donors (Lipinski definition) is 1. The van der Waals surface area contributed by atoms with E-state index in [1.54, 1.807) is 0 Å². The number of pyridine rings is 1. The van der Waals surface area contributed by atoms with Crippen molar-refractivity contribution in [3.05, 3.63) is 33.2 Å². The maximum atomic E-state index is 12.1. The molecule has 1 aliphatic heterocycles. The Morgan fingerprint density at radius 1 is 1.47 bits per heavy atom. The topological polar surface area (TPSA) is 53.2 Å². The van der Waals surface area contributed by atoms with Crippen LogP contribution in [0.2, 0.25) is 5.02 Å². The number of nitrogens with one attached hydrogen (secondary N) is 1. The summed E-state index contributed by atoms with van der Waals surface area (Å²) in [7, 11) is 0. The highest BCUT2D eigenvalue weighted by Crippen LogP contribution is 2.18. The molecule has 1 N–H and O–H groups in total. The molecule has 0 atom stereocenters. The highest BCUT2D eigenvalue weighted by atomic mass is 35.5. The van der Waals surface area contributed by atoms with Crippen LogP contribution in [0.1, 0.15) is 30.1 Å². The fourth-order valence-corrected chi connectivity index (χ4v) is 2.15. The summed E-state index contributed by atoms with van der Waals surface area (Å²) in [5.74, 6) is 0.619. The fourth-order valence-electron chi connectivity index (χ4n) is 1.97. The van der Waals surface area contributed by atoms with E-state index in [2.05, 4.69) is 11.9 Å². The molecule has 1 saturated heterocycles. The number of hydrogen-bond acceptors (Lipinski definition) is 2. The number of rotatable bonds is 1. The Kier molecular flexibility index (Phi) is 3.52. The van der Waals surface area contributed by atoms with Crippen LogP contribution in [-0.2, 0) is 0 Å². The fraction of sp³-hybridized carbons (Fsp3) is 0.500. The van der Waals surface area contributed by atoms with Crippen molar-refractivity contribution in [3.8, 4) is 0 Å². The number of H-pyrrole nitrogens is 1. The molecule has 0 aromatic carbocycles. The second kappa shape index (κ2) is 4.92. The van der Waals surface area contributed by atoms with Crippen molar-refractivity contribution in [2.45, 2.75) is 19.8 Å². The van der Waals surface area contributed by atoms with E-state index in [0.717, 1.165) is 25.9 Å². The molecule has 0 spiro atoms. The molecule has 5 heteroatoms. The maximum Gasteiger partial charge on any atom is 0.266 e. The second-order valence-electron chi connectivity index (χ2n) is 4.54. The van der Waals surface area contributed by atoms with Gasteiger partial charge in [0.25, 0.3) is 11.5 Å². The molecular formula is C12H15ClN2O2. The third kappa shape index (κ3) is 2.69.